The first-order valence-corrected chi connectivity index (χ1v) is 9.95. The highest BCUT2D eigenvalue weighted by Gasteiger charge is 2.17. The van der Waals surface area contributed by atoms with E-state index in [-0.39, 0.29) is 11.9 Å². The molecule has 0 aromatic carbocycles. The van der Waals surface area contributed by atoms with Gasteiger partial charge >= 0.3 is 5.97 Å². The summed E-state index contributed by atoms with van der Waals surface area (Å²) in [7, 11) is 1.75. The van der Waals surface area contributed by atoms with Crippen molar-refractivity contribution >= 4 is 23.2 Å². The van der Waals surface area contributed by atoms with Crippen molar-refractivity contribution in [1.82, 2.24) is 15.0 Å². The summed E-state index contributed by atoms with van der Waals surface area (Å²) < 4.78 is 10.5. The van der Waals surface area contributed by atoms with Gasteiger partial charge in [-0.3, -0.25) is 9.59 Å². The van der Waals surface area contributed by atoms with Crippen molar-refractivity contribution in [3.05, 3.63) is 23.4 Å². The molecule has 27 heavy (non-hydrogen) atoms. The van der Waals surface area contributed by atoms with Crippen LogP contribution in [0.2, 0.25) is 0 Å². The second-order valence-electron chi connectivity index (χ2n) is 7.35. The van der Waals surface area contributed by atoms with Gasteiger partial charge in [-0.05, 0) is 45.1 Å². The standard InChI is InChI=1S/C19H27N3O4S/c1-19(2,3)25-17(24)11-6-12-22(4)16(23)10-5-9-15-20-18(21-26-15)14-8-7-13-27-14/h7-8,13H,5-6,9-12H2,1-4H3. The van der Waals surface area contributed by atoms with Crippen LogP contribution in [0.5, 0.6) is 0 Å². The molecule has 2 aromatic heterocycles. The molecule has 0 saturated heterocycles. The van der Waals surface area contributed by atoms with Crippen LogP contribution in [0.3, 0.4) is 0 Å². The summed E-state index contributed by atoms with van der Waals surface area (Å²) in [5.41, 5.74) is -0.475. The Hall–Kier alpha value is -2.22. The minimum atomic E-state index is -0.475. The lowest BCUT2D eigenvalue weighted by Gasteiger charge is -2.20. The topological polar surface area (TPSA) is 85.5 Å². The van der Waals surface area contributed by atoms with Crippen LogP contribution < -0.4 is 0 Å². The van der Waals surface area contributed by atoms with Gasteiger partial charge in [0.2, 0.25) is 17.6 Å². The van der Waals surface area contributed by atoms with E-state index in [0.29, 0.717) is 50.4 Å². The van der Waals surface area contributed by atoms with Gasteiger partial charge < -0.3 is 14.2 Å². The average molecular weight is 394 g/mol. The molecule has 0 atom stereocenters. The highest BCUT2D eigenvalue weighted by molar-refractivity contribution is 7.13. The third-order valence-corrected chi connectivity index (χ3v) is 4.58. The van der Waals surface area contributed by atoms with Crippen LogP contribution in [-0.2, 0) is 20.7 Å². The molecule has 148 valence electrons. The minimum absolute atomic E-state index is 0.0391. The summed E-state index contributed by atoms with van der Waals surface area (Å²) in [6.07, 6.45) is 2.50. The molecule has 0 N–H and O–H groups in total. The molecule has 0 bridgehead atoms. The Morgan fingerprint density at radius 1 is 1.26 bits per heavy atom. The maximum atomic E-state index is 12.2. The molecule has 0 radical (unpaired) electrons. The zero-order chi connectivity index (χ0) is 19.9. The lowest BCUT2D eigenvalue weighted by atomic mass is 10.2. The summed E-state index contributed by atoms with van der Waals surface area (Å²) in [6, 6.07) is 3.88. The summed E-state index contributed by atoms with van der Waals surface area (Å²) in [4.78, 5) is 30.8. The van der Waals surface area contributed by atoms with Crippen molar-refractivity contribution in [2.24, 2.45) is 0 Å². The number of aryl methyl sites for hydroxylation is 1. The highest BCUT2D eigenvalue weighted by atomic mass is 32.1. The molecule has 7 nitrogen and oxygen atoms in total. The lowest BCUT2D eigenvalue weighted by molar-refractivity contribution is -0.155. The van der Waals surface area contributed by atoms with Crippen molar-refractivity contribution in [2.45, 2.75) is 58.5 Å². The molecule has 0 aliphatic carbocycles. The number of hydrogen-bond acceptors (Lipinski definition) is 7. The largest absolute Gasteiger partial charge is 0.460 e. The van der Waals surface area contributed by atoms with Crippen molar-refractivity contribution < 1.29 is 18.8 Å². The van der Waals surface area contributed by atoms with Crippen LogP contribution >= 0.6 is 11.3 Å². The van der Waals surface area contributed by atoms with Crippen LogP contribution in [-0.4, -0.2) is 46.1 Å². The summed E-state index contributed by atoms with van der Waals surface area (Å²) in [5.74, 6) is 0.933. The molecule has 1 amide bonds. The fourth-order valence-corrected chi connectivity index (χ4v) is 3.07. The van der Waals surface area contributed by atoms with Gasteiger partial charge in [-0.1, -0.05) is 11.2 Å². The molecule has 8 heteroatoms. The molecule has 0 unspecified atom stereocenters. The number of rotatable bonds is 9. The lowest BCUT2D eigenvalue weighted by Crippen LogP contribution is -2.29. The van der Waals surface area contributed by atoms with Crippen LogP contribution in [0.15, 0.2) is 22.0 Å². The number of carbonyl (C=O) groups excluding carboxylic acids is 2. The van der Waals surface area contributed by atoms with Crippen LogP contribution in [0.25, 0.3) is 10.7 Å². The molecule has 0 aliphatic rings. The highest BCUT2D eigenvalue weighted by Crippen LogP contribution is 2.21. The Morgan fingerprint density at radius 3 is 2.70 bits per heavy atom. The molecule has 0 spiro atoms. The minimum Gasteiger partial charge on any atom is -0.460 e. The smallest absolute Gasteiger partial charge is 0.306 e. The number of hydrogen-bond donors (Lipinski definition) is 0. The molecule has 0 fully saturated rings. The van der Waals surface area contributed by atoms with E-state index in [0.717, 1.165) is 4.88 Å². The number of esters is 1. The van der Waals surface area contributed by atoms with E-state index in [1.807, 2.05) is 38.3 Å². The van der Waals surface area contributed by atoms with E-state index in [1.54, 1.807) is 23.3 Å². The van der Waals surface area contributed by atoms with Gasteiger partial charge in [0.25, 0.3) is 0 Å². The third kappa shape index (κ3) is 7.50. The van der Waals surface area contributed by atoms with E-state index < -0.39 is 5.60 Å². The van der Waals surface area contributed by atoms with Gasteiger partial charge in [-0.25, -0.2) is 0 Å². The number of nitrogens with zero attached hydrogens (tertiary/aromatic N) is 3. The Kier molecular flexibility index (Phi) is 7.53. The predicted molar refractivity (Wildman–Crippen MR) is 103 cm³/mol. The van der Waals surface area contributed by atoms with Gasteiger partial charge in [0.15, 0.2) is 0 Å². The van der Waals surface area contributed by atoms with Crippen LogP contribution in [0.1, 0.15) is 52.3 Å². The molecule has 0 saturated carbocycles. The number of amides is 1. The number of aromatic nitrogens is 2. The predicted octanol–water partition coefficient (Wildman–Crippen LogP) is 3.70. The molecule has 2 rings (SSSR count). The molecular formula is C19H27N3O4S. The third-order valence-electron chi connectivity index (χ3n) is 3.71. The summed E-state index contributed by atoms with van der Waals surface area (Å²) >= 11 is 1.56. The summed E-state index contributed by atoms with van der Waals surface area (Å²) in [5, 5.41) is 5.92. The second-order valence-corrected chi connectivity index (χ2v) is 8.30. The fraction of sp³-hybridized carbons (Fsp3) is 0.579. The molecule has 0 aliphatic heterocycles. The van der Waals surface area contributed by atoms with Crippen molar-refractivity contribution in [2.75, 3.05) is 13.6 Å². The normalized spacial score (nSPS) is 11.4. The Balaban J connectivity index is 1.64. The average Bonchev–Trinajstić information content (AvgIpc) is 3.24. The SMILES string of the molecule is CN(CCCC(=O)OC(C)(C)C)C(=O)CCCc1nc(-c2cccs2)no1. The Labute approximate surface area is 163 Å². The molecule has 2 aromatic rings. The van der Waals surface area contributed by atoms with Gasteiger partial charge in [0, 0.05) is 32.9 Å². The molecular weight excluding hydrogens is 366 g/mol. The van der Waals surface area contributed by atoms with E-state index in [9.17, 15) is 9.59 Å². The van der Waals surface area contributed by atoms with Gasteiger partial charge in [-0.15, -0.1) is 11.3 Å². The van der Waals surface area contributed by atoms with Crippen LogP contribution in [0.4, 0.5) is 0 Å². The fourth-order valence-electron chi connectivity index (χ4n) is 2.42. The van der Waals surface area contributed by atoms with Crippen molar-refractivity contribution in [3.63, 3.8) is 0 Å². The molecule has 2 heterocycles. The summed E-state index contributed by atoms with van der Waals surface area (Å²) in [6.45, 7) is 6.05. The number of ether oxygens (including phenoxy) is 1. The monoisotopic (exact) mass is 393 g/mol. The van der Waals surface area contributed by atoms with E-state index in [4.69, 9.17) is 9.26 Å². The maximum Gasteiger partial charge on any atom is 0.306 e. The van der Waals surface area contributed by atoms with Crippen molar-refractivity contribution in [3.8, 4) is 10.7 Å². The van der Waals surface area contributed by atoms with E-state index in [1.165, 1.54) is 0 Å². The van der Waals surface area contributed by atoms with E-state index in [2.05, 4.69) is 10.1 Å². The Bertz CT molecular complexity index is 734. The van der Waals surface area contributed by atoms with E-state index >= 15 is 0 Å². The number of carbonyl (C=O) groups is 2. The van der Waals surface area contributed by atoms with Gasteiger partial charge in [0.1, 0.15) is 5.60 Å². The quantitative estimate of drug-likeness (QED) is 0.604. The Morgan fingerprint density at radius 2 is 2.04 bits per heavy atom. The number of thiophene rings is 1. The van der Waals surface area contributed by atoms with Crippen molar-refractivity contribution in [1.29, 1.82) is 0 Å². The first-order valence-electron chi connectivity index (χ1n) is 9.07. The van der Waals surface area contributed by atoms with Gasteiger partial charge in [-0.2, -0.15) is 4.98 Å². The first kappa shape index (κ1) is 21.1. The second kappa shape index (κ2) is 9.64. The van der Waals surface area contributed by atoms with Gasteiger partial charge in [0.05, 0.1) is 4.88 Å². The zero-order valence-electron chi connectivity index (χ0n) is 16.4. The first-order chi connectivity index (χ1) is 12.7. The van der Waals surface area contributed by atoms with Crippen LogP contribution in [0, 0.1) is 0 Å². The maximum absolute atomic E-state index is 12.2. The zero-order valence-corrected chi connectivity index (χ0v) is 17.2.